The molecule has 0 atom stereocenters. The second-order valence-electron chi connectivity index (χ2n) is 9.69. The van der Waals surface area contributed by atoms with Crippen molar-refractivity contribution < 1.29 is 27.9 Å². The molecule has 0 saturated heterocycles. The van der Waals surface area contributed by atoms with Gasteiger partial charge in [0.05, 0.1) is 37.3 Å². The number of carbonyl (C=O) groups excluding carboxylic acids is 3. The summed E-state index contributed by atoms with van der Waals surface area (Å²) in [5, 5.41) is 11.5. The molecule has 10 nitrogen and oxygen atoms in total. The number of hydrogen-bond acceptors (Lipinski definition) is 7. The van der Waals surface area contributed by atoms with Crippen molar-refractivity contribution in [3.63, 3.8) is 0 Å². The highest BCUT2D eigenvalue weighted by molar-refractivity contribution is 6.06. The van der Waals surface area contributed by atoms with Crippen LogP contribution < -0.4 is 10.2 Å². The highest BCUT2D eigenvalue weighted by atomic mass is 19.1. The van der Waals surface area contributed by atoms with Gasteiger partial charge in [-0.25, -0.2) is 9.37 Å². The Morgan fingerprint density at radius 3 is 2.52 bits per heavy atom. The van der Waals surface area contributed by atoms with E-state index >= 15 is 0 Å². The van der Waals surface area contributed by atoms with Crippen LogP contribution in [-0.4, -0.2) is 41.0 Å². The number of nitrogens with zero attached hydrogens (tertiary/aromatic N) is 4. The van der Waals surface area contributed by atoms with Crippen molar-refractivity contribution >= 4 is 23.5 Å². The maximum atomic E-state index is 14.1. The zero-order valence-corrected chi connectivity index (χ0v) is 23.6. The summed E-state index contributed by atoms with van der Waals surface area (Å²) in [6.07, 6.45) is 3.33. The van der Waals surface area contributed by atoms with Crippen molar-refractivity contribution in [3.05, 3.63) is 131 Å². The molecule has 0 fully saturated rings. The molecule has 0 aliphatic carbocycles. The zero-order chi connectivity index (χ0) is 31.1. The summed E-state index contributed by atoms with van der Waals surface area (Å²) in [4.78, 5) is 43.2. The van der Waals surface area contributed by atoms with Crippen LogP contribution in [0.3, 0.4) is 0 Å². The lowest BCUT2D eigenvalue weighted by atomic mass is 10.1. The van der Waals surface area contributed by atoms with Gasteiger partial charge in [0.25, 0.3) is 11.8 Å². The lowest BCUT2D eigenvalue weighted by Crippen LogP contribution is -2.31. The molecule has 5 aromatic rings. The first kappa shape index (κ1) is 29.5. The number of ether oxygens (including phenoxy) is 1. The van der Waals surface area contributed by atoms with Gasteiger partial charge in [-0.2, -0.15) is 5.26 Å². The molecule has 0 saturated carbocycles. The molecule has 0 spiro atoms. The van der Waals surface area contributed by atoms with E-state index < -0.39 is 23.6 Å². The van der Waals surface area contributed by atoms with E-state index in [0.29, 0.717) is 29.1 Å². The summed E-state index contributed by atoms with van der Waals surface area (Å²) >= 11 is 0. The van der Waals surface area contributed by atoms with Crippen molar-refractivity contribution in [1.29, 1.82) is 5.26 Å². The Kier molecular flexibility index (Phi) is 8.91. The summed E-state index contributed by atoms with van der Waals surface area (Å²) < 4.78 is 26.2. The number of nitriles is 1. The Balaban J connectivity index is 1.39. The van der Waals surface area contributed by atoms with E-state index in [9.17, 15) is 18.8 Å². The van der Waals surface area contributed by atoms with E-state index in [1.807, 2.05) is 16.7 Å². The number of furan rings is 1. The number of benzene rings is 3. The van der Waals surface area contributed by atoms with Crippen LogP contribution in [0, 0.1) is 17.1 Å². The van der Waals surface area contributed by atoms with Crippen LogP contribution in [0.1, 0.15) is 37.7 Å². The Hall–Kier alpha value is -6.02. The van der Waals surface area contributed by atoms with Gasteiger partial charge in [0.15, 0.2) is 5.76 Å². The first-order valence-corrected chi connectivity index (χ1v) is 13.5. The molecule has 0 unspecified atom stereocenters. The topological polar surface area (TPSA) is 130 Å². The Morgan fingerprint density at radius 2 is 1.82 bits per heavy atom. The summed E-state index contributed by atoms with van der Waals surface area (Å²) in [7, 11) is 1.22. The average Bonchev–Trinajstić information content (AvgIpc) is 3.72. The lowest BCUT2D eigenvalue weighted by Gasteiger charge is -2.24. The monoisotopic (exact) mass is 591 g/mol. The van der Waals surface area contributed by atoms with Gasteiger partial charge < -0.3 is 23.9 Å². The first-order valence-electron chi connectivity index (χ1n) is 13.5. The minimum atomic E-state index is -0.588. The molecule has 2 aromatic heterocycles. The number of carbonyl (C=O) groups is 3. The van der Waals surface area contributed by atoms with Gasteiger partial charge in [-0.3, -0.25) is 14.4 Å². The number of esters is 1. The molecular formula is C33H26FN5O5. The molecule has 0 aliphatic rings. The van der Waals surface area contributed by atoms with Gasteiger partial charge in [-0.15, -0.1) is 0 Å². The normalized spacial score (nSPS) is 10.6. The number of methoxy groups -OCH3 is 1. The second-order valence-corrected chi connectivity index (χ2v) is 9.69. The van der Waals surface area contributed by atoms with Gasteiger partial charge in [0.2, 0.25) is 0 Å². The second kappa shape index (κ2) is 13.3. The third kappa shape index (κ3) is 6.88. The predicted octanol–water partition coefficient (Wildman–Crippen LogP) is 4.95. The van der Waals surface area contributed by atoms with Crippen LogP contribution in [0.25, 0.3) is 11.3 Å². The summed E-state index contributed by atoms with van der Waals surface area (Å²) in [5.74, 6) is -1.67. The number of rotatable bonds is 10. The van der Waals surface area contributed by atoms with Gasteiger partial charge in [0, 0.05) is 29.6 Å². The van der Waals surface area contributed by atoms with Crippen molar-refractivity contribution in [2.24, 2.45) is 0 Å². The van der Waals surface area contributed by atoms with Gasteiger partial charge in [-0.05, 0) is 72.3 Å². The number of imidazole rings is 1. The van der Waals surface area contributed by atoms with Gasteiger partial charge in [-0.1, -0.05) is 18.2 Å². The van der Waals surface area contributed by atoms with Gasteiger partial charge >= 0.3 is 5.97 Å². The minimum absolute atomic E-state index is 0.0198. The fourth-order valence-corrected chi connectivity index (χ4v) is 4.46. The Morgan fingerprint density at radius 1 is 1.05 bits per heavy atom. The van der Waals surface area contributed by atoms with Crippen molar-refractivity contribution in [2.75, 3.05) is 18.6 Å². The molecule has 2 amide bonds. The maximum absolute atomic E-state index is 14.1. The smallest absolute Gasteiger partial charge is 0.325 e. The molecule has 0 bridgehead atoms. The fourth-order valence-electron chi connectivity index (χ4n) is 4.46. The van der Waals surface area contributed by atoms with E-state index in [1.54, 1.807) is 61.1 Å². The zero-order valence-electron chi connectivity index (χ0n) is 23.6. The molecule has 0 aliphatic heterocycles. The third-order valence-electron chi connectivity index (χ3n) is 6.79. The first-order chi connectivity index (χ1) is 21.3. The molecule has 1 N–H and O–H groups in total. The van der Waals surface area contributed by atoms with E-state index in [-0.39, 0.29) is 24.4 Å². The Bertz CT molecular complexity index is 1840. The van der Waals surface area contributed by atoms with Crippen LogP contribution in [0.5, 0.6) is 0 Å². The van der Waals surface area contributed by atoms with Crippen molar-refractivity contribution in [2.45, 2.75) is 13.1 Å². The van der Waals surface area contributed by atoms with Crippen LogP contribution in [0.4, 0.5) is 10.1 Å². The standard InChI is InChI=1S/C33H26FN5O5/c1-43-31(40)18-37-32(41)30-14-13-29(44-30)24-9-11-27(12-10-24)39(33(42)25-3-2-4-26(34)15-25)20-28-17-36-21-38(28)19-23-7-5-22(16-35)6-8-23/h2-15,17,21H,18-20H2,1H3,(H,37,41). The number of hydrogen-bond donors (Lipinski definition) is 1. The van der Waals surface area contributed by atoms with E-state index in [1.165, 1.54) is 36.3 Å². The predicted molar refractivity (Wildman–Crippen MR) is 158 cm³/mol. The molecule has 0 radical (unpaired) electrons. The average molecular weight is 592 g/mol. The third-order valence-corrected chi connectivity index (χ3v) is 6.79. The largest absolute Gasteiger partial charge is 0.468 e. The van der Waals surface area contributed by atoms with Crippen LogP contribution in [0.15, 0.2) is 102 Å². The van der Waals surface area contributed by atoms with Crippen LogP contribution in [-0.2, 0) is 22.6 Å². The fraction of sp³-hybridized carbons (Fsp3) is 0.121. The van der Waals surface area contributed by atoms with E-state index in [4.69, 9.17) is 9.68 Å². The molecule has 5 rings (SSSR count). The summed E-state index contributed by atoms with van der Waals surface area (Å²) in [6, 6.07) is 24.9. The van der Waals surface area contributed by atoms with E-state index in [0.717, 1.165) is 11.3 Å². The number of aromatic nitrogens is 2. The molecule has 11 heteroatoms. The molecule has 3 aromatic carbocycles. The highest BCUT2D eigenvalue weighted by Crippen LogP contribution is 2.27. The highest BCUT2D eigenvalue weighted by Gasteiger charge is 2.21. The quantitative estimate of drug-likeness (QED) is 0.227. The minimum Gasteiger partial charge on any atom is -0.468 e. The SMILES string of the molecule is COC(=O)CNC(=O)c1ccc(-c2ccc(N(Cc3cncn3Cc3ccc(C#N)cc3)C(=O)c3cccc(F)c3)cc2)o1. The number of anilines is 1. The van der Waals surface area contributed by atoms with Crippen molar-refractivity contribution in [1.82, 2.24) is 14.9 Å². The molecule has 2 heterocycles. The molecular weight excluding hydrogens is 565 g/mol. The van der Waals surface area contributed by atoms with E-state index in [2.05, 4.69) is 21.1 Å². The summed E-state index contributed by atoms with van der Waals surface area (Å²) in [5.41, 5.74) is 3.61. The maximum Gasteiger partial charge on any atom is 0.325 e. The number of nitrogens with one attached hydrogen (secondary N) is 1. The van der Waals surface area contributed by atoms with Gasteiger partial charge in [0.1, 0.15) is 18.1 Å². The van der Waals surface area contributed by atoms with Crippen LogP contribution >= 0.6 is 0 Å². The molecule has 220 valence electrons. The number of halogens is 1. The van der Waals surface area contributed by atoms with Crippen LogP contribution in [0.2, 0.25) is 0 Å². The number of amides is 2. The molecule has 44 heavy (non-hydrogen) atoms. The lowest BCUT2D eigenvalue weighted by molar-refractivity contribution is -0.139. The Labute approximate surface area is 251 Å². The summed E-state index contributed by atoms with van der Waals surface area (Å²) in [6.45, 7) is 0.313. The van der Waals surface area contributed by atoms with Crippen molar-refractivity contribution in [3.8, 4) is 17.4 Å².